The van der Waals surface area contributed by atoms with Crippen LogP contribution < -0.4 is 15.6 Å². The maximum Gasteiger partial charge on any atom is 0.306 e. The van der Waals surface area contributed by atoms with E-state index in [-0.39, 0.29) is 12.6 Å². The molecule has 0 spiro atoms. The number of esters is 1. The van der Waals surface area contributed by atoms with E-state index in [1.807, 2.05) is 42.2 Å². The lowest BCUT2D eigenvalue weighted by atomic mass is 10.0. The van der Waals surface area contributed by atoms with E-state index in [9.17, 15) is 9.90 Å². The van der Waals surface area contributed by atoms with Gasteiger partial charge in [0.25, 0.3) is 0 Å². The predicted octanol–water partition coefficient (Wildman–Crippen LogP) is 3.64. The molecule has 1 heterocycles. The van der Waals surface area contributed by atoms with Crippen molar-refractivity contribution < 1.29 is 14.6 Å². The van der Waals surface area contributed by atoms with Gasteiger partial charge in [-0.1, -0.05) is 17.7 Å². The number of aliphatic hydroxyl groups excluding tert-OH is 1. The number of nitrogens with one attached hydrogen (secondary N) is 1. The van der Waals surface area contributed by atoms with Crippen LogP contribution in [-0.2, 0) is 22.6 Å². The summed E-state index contributed by atoms with van der Waals surface area (Å²) in [4.78, 5) is 11.7. The van der Waals surface area contributed by atoms with Gasteiger partial charge in [0.1, 0.15) is 0 Å². The first-order chi connectivity index (χ1) is 13.0. The van der Waals surface area contributed by atoms with Crippen LogP contribution in [0.5, 0.6) is 0 Å². The number of benzene rings is 2. The third kappa shape index (κ3) is 3.88. The number of halogens is 1. The Morgan fingerprint density at radius 2 is 2.04 bits per heavy atom. The number of nitrogens with zero attached hydrogens (tertiary/aromatic N) is 2. The van der Waals surface area contributed by atoms with Crippen molar-refractivity contribution in [1.29, 1.82) is 0 Å². The molecular formula is C20H24ClN3O3. The van der Waals surface area contributed by atoms with Gasteiger partial charge in [-0.05, 0) is 61.2 Å². The number of rotatable bonds is 6. The quantitative estimate of drug-likeness (QED) is 0.735. The standard InChI is InChI=1S/C20H24ClN3O3/c1-4-27-19(26)10-6-14-5-9-18-20(13(14)2)24(22-23(18)3)16-7-8-17(21)15(11-16)12-25/h5,7-9,11,22,25H,4,6,10,12H2,1-3H3. The Morgan fingerprint density at radius 3 is 2.74 bits per heavy atom. The molecule has 0 amide bonds. The fraction of sp³-hybridized carbons (Fsp3) is 0.350. The monoisotopic (exact) mass is 389 g/mol. The van der Waals surface area contributed by atoms with Crippen LogP contribution in [0.25, 0.3) is 0 Å². The highest BCUT2D eigenvalue weighted by Gasteiger charge is 2.28. The van der Waals surface area contributed by atoms with Crippen LogP contribution in [0.2, 0.25) is 5.02 Å². The van der Waals surface area contributed by atoms with Crippen molar-refractivity contribution in [3.8, 4) is 0 Å². The first-order valence-electron chi connectivity index (χ1n) is 8.93. The van der Waals surface area contributed by atoms with Gasteiger partial charge in [-0.15, -0.1) is 5.53 Å². The molecule has 0 atom stereocenters. The van der Waals surface area contributed by atoms with Gasteiger partial charge >= 0.3 is 5.97 Å². The molecule has 0 aliphatic carbocycles. The summed E-state index contributed by atoms with van der Waals surface area (Å²) in [6, 6.07) is 9.64. The third-order valence-corrected chi connectivity index (χ3v) is 5.09. The molecule has 0 aromatic heterocycles. The molecule has 144 valence electrons. The van der Waals surface area contributed by atoms with Crippen LogP contribution in [-0.4, -0.2) is 24.7 Å². The summed E-state index contributed by atoms with van der Waals surface area (Å²) in [6.07, 6.45) is 0.977. The van der Waals surface area contributed by atoms with Gasteiger partial charge in [0, 0.05) is 18.5 Å². The topological polar surface area (TPSA) is 65.0 Å². The summed E-state index contributed by atoms with van der Waals surface area (Å²) >= 11 is 6.13. The highest BCUT2D eigenvalue weighted by atomic mass is 35.5. The van der Waals surface area contributed by atoms with E-state index in [0.717, 1.165) is 28.2 Å². The Balaban J connectivity index is 1.94. The molecule has 7 heteroatoms. The van der Waals surface area contributed by atoms with Crippen LogP contribution >= 0.6 is 11.6 Å². The van der Waals surface area contributed by atoms with Gasteiger partial charge in [0.15, 0.2) is 0 Å². The molecule has 0 saturated heterocycles. The van der Waals surface area contributed by atoms with E-state index in [0.29, 0.717) is 30.0 Å². The van der Waals surface area contributed by atoms with E-state index >= 15 is 0 Å². The zero-order chi connectivity index (χ0) is 19.6. The molecule has 0 fully saturated rings. The summed E-state index contributed by atoms with van der Waals surface area (Å²) in [5.74, 6) is -0.185. The van der Waals surface area contributed by atoms with Crippen LogP contribution in [0.4, 0.5) is 17.1 Å². The molecule has 1 aliphatic heterocycles. The first-order valence-corrected chi connectivity index (χ1v) is 9.31. The predicted molar refractivity (Wildman–Crippen MR) is 107 cm³/mol. The number of anilines is 3. The summed E-state index contributed by atoms with van der Waals surface area (Å²) in [7, 11) is 1.94. The van der Waals surface area contributed by atoms with Gasteiger partial charge in [-0.2, -0.15) is 0 Å². The molecule has 0 bridgehead atoms. The number of ether oxygens (including phenoxy) is 1. The van der Waals surface area contributed by atoms with Crippen LogP contribution in [0.15, 0.2) is 30.3 Å². The molecule has 6 nitrogen and oxygen atoms in total. The minimum Gasteiger partial charge on any atom is -0.466 e. The lowest BCUT2D eigenvalue weighted by Crippen LogP contribution is -2.39. The highest BCUT2D eigenvalue weighted by molar-refractivity contribution is 6.31. The second-order valence-corrected chi connectivity index (χ2v) is 6.86. The zero-order valence-electron chi connectivity index (χ0n) is 15.8. The van der Waals surface area contributed by atoms with Gasteiger partial charge in [0.2, 0.25) is 0 Å². The average Bonchev–Trinajstić information content (AvgIpc) is 2.99. The first kappa shape index (κ1) is 19.5. The molecule has 27 heavy (non-hydrogen) atoms. The van der Waals surface area contributed by atoms with Gasteiger partial charge in [-0.3, -0.25) is 14.8 Å². The van der Waals surface area contributed by atoms with E-state index in [4.69, 9.17) is 16.3 Å². The molecule has 2 N–H and O–H groups in total. The van der Waals surface area contributed by atoms with Gasteiger partial charge < -0.3 is 9.84 Å². The Bertz CT molecular complexity index is 857. The smallest absolute Gasteiger partial charge is 0.306 e. The van der Waals surface area contributed by atoms with Crippen molar-refractivity contribution >= 4 is 34.6 Å². The SMILES string of the molecule is CCOC(=O)CCc1ccc2c(c1C)N(c1ccc(Cl)c(CO)c1)NN2C. The number of carbonyl (C=O) groups is 1. The molecule has 2 aromatic carbocycles. The lowest BCUT2D eigenvalue weighted by molar-refractivity contribution is -0.143. The van der Waals surface area contributed by atoms with Gasteiger partial charge in [0.05, 0.1) is 30.3 Å². The van der Waals surface area contributed by atoms with Crippen LogP contribution in [0, 0.1) is 6.92 Å². The zero-order valence-corrected chi connectivity index (χ0v) is 16.5. The van der Waals surface area contributed by atoms with Crippen LogP contribution in [0.3, 0.4) is 0 Å². The number of hydrogen-bond donors (Lipinski definition) is 2. The Morgan fingerprint density at radius 1 is 1.26 bits per heavy atom. The molecule has 0 unspecified atom stereocenters. The van der Waals surface area contributed by atoms with E-state index in [2.05, 4.69) is 18.5 Å². The Kier molecular flexibility index (Phi) is 5.89. The largest absolute Gasteiger partial charge is 0.466 e. The maximum absolute atomic E-state index is 11.7. The Hall–Kier alpha value is -2.28. The molecule has 2 aromatic rings. The summed E-state index contributed by atoms with van der Waals surface area (Å²) in [5, 5.41) is 14.0. The average molecular weight is 390 g/mol. The van der Waals surface area contributed by atoms with Crippen molar-refractivity contribution in [2.75, 3.05) is 23.7 Å². The molecule has 0 radical (unpaired) electrons. The van der Waals surface area contributed by atoms with Crippen molar-refractivity contribution in [2.45, 2.75) is 33.3 Å². The fourth-order valence-corrected chi connectivity index (χ4v) is 3.46. The maximum atomic E-state index is 11.7. The number of hydrazine groups is 2. The second kappa shape index (κ2) is 8.17. The lowest BCUT2D eigenvalue weighted by Gasteiger charge is -2.22. The number of fused-ring (bicyclic) bond motifs is 1. The number of aryl methyl sites for hydroxylation is 1. The van der Waals surface area contributed by atoms with Gasteiger partial charge in [-0.25, -0.2) is 0 Å². The molecule has 0 saturated carbocycles. The minimum atomic E-state index is -0.185. The number of carbonyl (C=O) groups excluding carboxylic acids is 1. The molecular weight excluding hydrogens is 366 g/mol. The number of aliphatic hydroxyl groups is 1. The van der Waals surface area contributed by atoms with Crippen LogP contribution in [0.1, 0.15) is 30.0 Å². The Labute approximate surface area is 164 Å². The third-order valence-electron chi connectivity index (χ3n) is 4.72. The second-order valence-electron chi connectivity index (χ2n) is 6.45. The van der Waals surface area contributed by atoms with Crippen molar-refractivity contribution in [2.24, 2.45) is 0 Å². The summed E-state index contributed by atoms with van der Waals surface area (Å²) in [5.41, 5.74) is 9.10. The van der Waals surface area contributed by atoms with E-state index in [1.165, 1.54) is 0 Å². The summed E-state index contributed by atoms with van der Waals surface area (Å²) < 4.78 is 5.03. The minimum absolute atomic E-state index is 0.123. The van der Waals surface area contributed by atoms with Crippen molar-refractivity contribution in [3.05, 3.63) is 52.0 Å². The summed E-state index contributed by atoms with van der Waals surface area (Å²) in [6.45, 7) is 4.14. The van der Waals surface area contributed by atoms with Crippen molar-refractivity contribution in [1.82, 2.24) is 5.53 Å². The van der Waals surface area contributed by atoms with Crippen molar-refractivity contribution in [3.63, 3.8) is 0 Å². The fourth-order valence-electron chi connectivity index (χ4n) is 3.28. The number of hydrogen-bond acceptors (Lipinski definition) is 6. The molecule has 1 aliphatic rings. The molecule has 3 rings (SSSR count). The van der Waals surface area contributed by atoms with E-state index in [1.54, 1.807) is 6.07 Å². The normalized spacial score (nSPS) is 13.1. The highest BCUT2D eigenvalue weighted by Crippen LogP contribution is 2.42. The van der Waals surface area contributed by atoms with E-state index < -0.39 is 0 Å².